The van der Waals surface area contributed by atoms with Gasteiger partial charge in [0.15, 0.2) is 0 Å². The van der Waals surface area contributed by atoms with Gasteiger partial charge in [-0.2, -0.15) is 0 Å². The first-order valence-corrected chi connectivity index (χ1v) is 10.8. The summed E-state index contributed by atoms with van der Waals surface area (Å²) in [5.41, 5.74) is 0.866. The molecule has 0 saturated carbocycles. The number of hydrogen-bond acceptors (Lipinski definition) is 4. The van der Waals surface area contributed by atoms with E-state index in [0.717, 1.165) is 21.9 Å². The van der Waals surface area contributed by atoms with E-state index in [4.69, 9.17) is 4.74 Å². The molecule has 1 amide bonds. The Morgan fingerprint density at radius 1 is 1.18 bits per heavy atom. The second-order valence-electron chi connectivity index (χ2n) is 6.32. The van der Waals surface area contributed by atoms with Gasteiger partial charge in [-0.1, -0.05) is 31.2 Å². The summed E-state index contributed by atoms with van der Waals surface area (Å²) in [5, 5.41) is 2.75. The number of rotatable bonds is 9. The molecule has 0 aliphatic rings. The van der Waals surface area contributed by atoms with Crippen molar-refractivity contribution >= 4 is 21.6 Å². The van der Waals surface area contributed by atoms with Gasteiger partial charge in [-0.3, -0.25) is 9.10 Å². The Balaban J connectivity index is 2.12. The molecule has 1 N–H and O–H groups in total. The van der Waals surface area contributed by atoms with Crippen LogP contribution in [-0.4, -0.2) is 40.3 Å². The van der Waals surface area contributed by atoms with Crippen molar-refractivity contribution in [1.29, 1.82) is 0 Å². The highest BCUT2D eigenvalue weighted by Gasteiger charge is 2.32. The zero-order valence-electron chi connectivity index (χ0n) is 16.2. The lowest BCUT2D eigenvalue weighted by atomic mass is 10.1. The van der Waals surface area contributed by atoms with Crippen molar-refractivity contribution in [2.75, 3.05) is 24.2 Å². The highest BCUT2D eigenvalue weighted by molar-refractivity contribution is 7.92. The van der Waals surface area contributed by atoms with E-state index in [1.165, 1.54) is 24.3 Å². The molecular weight excluding hydrogens is 383 g/mol. The lowest BCUT2D eigenvalue weighted by Gasteiger charge is -2.30. The van der Waals surface area contributed by atoms with E-state index in [2.05, 4.69) is 5.32 Å². The molecule has 2 aromatic carbocycles. The molecule has 0 aliphatic carbocycles. The molecule has 0 saturated heterocycles. The summed E-state index contributed by atoms with van der Waals surface area (Å²) in [6.07, 6.45) is 1.74. The Morgan fingerprint density at radius 3 is 2.36 bits per heavy atom. The van der Waals surface area contributed by atoms with Crippen LogP contribution in [-0.2, 0) is 21.2 Å². The smallest absolute Gasteiger partial charge is 0.243 e. The van der Waals surface area contributed by atoms with Crippen molar-refractivity contribution in [3.63, 3.8) is 0 Å². The number of halogens is 1. The number of ether oxygens (including phenoxy) is 1. The fraction of sp³-hybridized carbons (Fsp3) is 0.350. The topological polar surface area (TPSA) is 75.7 Å². The van der Waals surface area contributed by atoms with Crippen LogP contribution in [0, 0.1) is 5.82 Å². The fourth-order valence-electron chi connectivity index (χ4n) is 2.91. The zero-order chi connectivity index (χ0) is 20.7. The summed E-state index contributed by atoms with van der Waals surface area (Å²) in [4.78, 5) is 12.7. The number of benzene rings is 2. The Bertz CT molecular complexity index is 901. The van der Waals surface area contributed by atoms with E-state index in [1.54, 1.807) is 14.0 Å². The molecule has 0 heterocycles. The molecule has 28 heavy (non-hydrogen) atoms. The Kier molecular flexibility index (Phi) is 7.39. The molecule has 0 aliphatic heterocycles. The third-order valence-corrected chi connectivity index (χ3v) is 5.46. The number of nitrogens with one attached hydrogen (secondary N) is 1. The monoisotopic (exact) mass is 408 g/mol. The average Bonchev–Trinajstić information content (AvgIpc) is 2.66. The minimum atomic E-state index is -3.86. The van der Waals surface area contributed by atoms with Crippen LogP contribution in [0.5, 0.6) is 5.75 Å². The van der Waals surface area contributed by atoms with Crippen LogP contribution in [0.3, 0.4) is 0 Å². The maximum absolute atomic E-state index is 14.2. The normalized spacial score (nSPS) is 12.3. The van der Waals surface area contributed by atoms with Gasteiger partial charge in [0, 0.05) is 6.54 Å². The minimum Gasteiger partial charge on any atom is -0.497 e. The van der Waals surface area contributed by atoms with Crippen molar-refractivity contribution in [2.45, 2.75) is 25.8 Å². The molecule has 8 heteroatoms. The third kappa shape index (κ3) is 5.45. The molecule has 1 atom stereocenters. The van der Waals surface area contributed by atoms with E-state index in [-0.39, 0.29) is 12.1 Å². The van der Waals surface area contributed by atoms with Gasteiger partial charge < -0.3 is 10.1 Å². The second-order valence-corrected chi connectivity index (χ2v) is 8.18. The maximum Gasteiger partial charge on any atom is 0.243 e. The highest BCUT2D eigenvalue weighted by atomic mass is 32.2. The molecule has 2 aromatic rings. The van der Waals surface area contributed by atoms with Gasteiger partial charge in [0.25, 0.3) is 0 Å². The van der Waals surface area contributed by atoms with Gasteiger partial charge in [-0.25, -0.2) is 12.8 Å². The highest BCUT2D eigenvalue weighted by Crippen LogP contribution is 2.25. The fourth-order valence-corrected chi connectivity index (χ4v) is 4.12. The summed E-state index contributed by atoms with van der Waals surface area (Å²) in [5.74, 6) is -0.422. The van der Waals surface area contributed by atoms with Gasteiger partial charge >= 0.3 is 0 Å². The van der Waals surface area contributed by atoms with Crippen LogP contribution in [0.1, 0.15) is 18.9 Å². The Hall–Kier alpha value is -2.61. The molecule has 0 bridgehead atoms. The summed E-state index contributed by atoms with van der Waals surface area (Å²) in [6.45, 7) is 2.02. The standard InChI is InChI=1S/C20H25FN2O4S/c1-4-18(23(28(3,25)26)19-8-6-5-7-17(19)21)20(24)22-14-13-15-9-11-16(27-2)12-10-15/h5-12,18H,4,13-14H2,1-3H3,(H,22,24)/t18-/m1/s1. The number of para-hydroxylation sites is 1. The first-order chi connectivity index (χ1) is 13.3. The Labute approximate surface area is 165 Å². The van der Waals surface area contributed by atoms with E-state index >= 15 is 0 Å². The lowest BCUT2D eigenvalue weighted by molar-refractivity contribution is -0.122. The molecule has 152 valence electrons. The number of carbonyl (C=O) groups is 1. The van der Waals surface area contributed by atoms with Gasteiger partial charge in [0.05, 0.1) is 19.1 Å². The Morgan fingerprint density at radius 2 is 1.82 bits per heavy atom. The quantitative estimate of drug-likeness (QED) is 0.692. The van der Waals surface area contributed by atoms with Crippen molar-refractivity contribution in [3.05, 3.63) is 59.9 Å². The average molecular weight is 408 g/mol. The third-order valence-electron chi connectivity index (χ3n) is 4.29. The number of anilines is 1. The molecule has 6 nitrogen and oxygen atoms in total. The van der Waals surface area contributed by atoms with Crippen molar-refractivity contribution in [1.82, 2.24) is 5.32 Å². The van der Waals surface area contributed by atoms with Crippen LogP contribution in [0.15, 0.2) is 48.5 Å². The van der Waals surface area contributed by atoms with Gasteiger partial charge in [-0.05, 0) is 42.7 Å². The molecule has 0 unspecified atom stereocenters. The summed E-state index contributed by atoms with van der Waals surface area (Å²) < 4.78 is 44.8. The molecular formula is C20H25FN2O4S. The molecule has 0 fully saturated rings. The van der Waals surface area contributed by atoms with Crippen LogP contribution in [0.2, 0.25) is 0 Å². The number of methoxy groups -OCH3 is 1. The van der Waals surface area contributed by atoms with Crippen molar-refractivity contribution in [2.24, 2.45) is 0 Å². The second kappa shape index (κ2) is 9.54. The molecule has 2 rings (SSSR count). The molecule has 0 aromatic heterocycles. The first-order valence-electron chi connectivity index (χ1n) is 8.92. The van der Waals surface area contributed by atoms with Gasteiger partial charge in [-0.15, -0.1) is 0 Å². The minimum absolute atomic E-state index is 0.137. The first kappa shape index (κ1) is 21.7. The van der Waals surface area contributed by atoms with Gasteiger partial charge in [0.1, 0.15) is 17.6 Å². The predicted molar refractivity (Wildman–Crippen MR) is 108 cm³/mol. The van der Waals surface area contributed by atoms with E-state index < -0.39 is 27.8 Å². The molecule has 0 radical (unpaired) electrons. The number of sulfonamides is 1. The van der Waals surface area contributed by atoms with Crippen molar-refractivity contribution < 1.29 is 22.3 Å². The van der Waals surface area contributed by atoms with Crippen LogP contribution < -0.4 is 14.4 Å². The lowest BCUT2D eigenvalue weighted by Crippen LogP contribution is -2.50. The largest absolute Gasteiger partial charge is 0.497 e. The van der Waals surface area contributed by atoms with Gasteiger partial charge in [0.2, 0.25) is 15.9 Å². The van der Waals surface area contributed by atoms with Crippen LogP contribution in [0.4, 0.5) is 10.1 Å². The summed E-state index contributed by atoms with van der Waals surface area (Å²) >= 11 is 0. The predicted octanol–water partition coefficient (Wildman–Crippen LogP) is 2.74. The summed E-state index contributed by atoms with van der Waals surface area (Å²) in [7, 11) is -2.28. The van der Waals surface area contributed by atoms with Crippen LogP contribution >= 0.6 is 0 Å². The maximum atomic E-state index is 14.2. The van der Waals surface area contributed by atoms with E-state index in [0.29, 0.717) is 13.0 Å². The van der Waals surface area contributed by atoms with Crippen molar-refractivity contribution in [3.8, 4) is 5.75 Å². The number of nitrogens with zero attached hydrogens (tertiary/aromatic N) is 1. The van der Waals surface area contributed by atoms with E-state index in [9.17, 15) is 17.6 Å². The SMILES string of the molecule is CC[C@H](C(=O)NCCc1ccc(OC)cc1)N(c1ccccc1F)S(C)(=O)=O. The summed E-state index contributed by atoms with van der Waals surface area (Å²) in [6, 6.07) is 11.9. The zero-order valence-corrected chi connectivity index (χ0v) is 17.0. The number of carbonyl (C=O) groups excluding carboxylic acids is 1. The number of hydrogen-bond donors (Lipinski definition) is 1. The molecule has 0 spiro atoms. The van der Waals surface area contributed by atoms with Crippen LogP contribution in [0.25, 0.3) is 0 Å². The number of amides is 1. The van der Waals surface area contributed by atoms with E-state index in [1.807, 2.05) is 24.3 Å².